The van der Waals surface area contributed by atoms with E-state index in [1.165, 1.54) is 9.80 Å². The number of hydrogen-bond acceptors (Lipinski definition) is 4. The summed E-state index contributed by atoms with van der Waals surface area (Å²) in [4.78, 5) is 27.3. The second kappa shape index (κ2) is 5.89. The number of ether oxygens (including phenoxy) is 1. The lowest BCUT2D eigenvalue weighted by molar-refractivity contribution is -0.147. The summed E-state index contributed by atoms with van der Waals surface area (Å²) in [6.07, 6.45) is 2.47. The summed E-state index contributed by atoms with van der Waals surface area (Å²) in [6.45, 7) is 4.00. The molecule has 2 bridgehead atoms. The van der Waals surface area contributed by atoms with Gasteiger partial charge in [-0.2, -0.15) is 0 Å². The van der Waals surface area contributed by atoms with Crippen molar-refractivity contribution in [2.24, 2.45) is 5.73 Å². The molecule has 2 N–H and O–H groups in total. The number of allylic oxidation sites excluding steroid dienone is 1. The zero-order chi connectivity index (χ0) is 16.6. The number of carbonyl (C=O) groups is 2. The molecule has 0 spiro atoms. The first kappa shape index (κ1) is 15.3. The van der Waals surface area contributed by atoms with Gasteiger partial charge in [0.1, 0.15) is 6.17 Å². The lowest BCUT2D eigenvalue weighted by Crippen LogP contribution is -2.52. The molecule has 6 heteroatoms. The van der Waals surface area contributed by atoms with Crippen molar-refractivity contribution in [3.63, 3.8) is 0 Å². The van der Waals surface area contributed by atoms with Gasteiger partial charge in [-0.3, -0.25) is 19.4 Å². The molecule has 1 saturated heterocycles. The van der Waals surface area contributed by atoms with Gasteiger partial charge in [0.2, 0.25) is 0 Å². The van der Waals surface area contributed by atoms with Gasteiger partial charge in [-0.25, -0.2) is 0 Å². The minimum atomic E-state index is -0.714. The minimum absolute atomic E-state index is 0.364. The van der Waals surface area contributed by atoms with Gasteiger partial charge in [0.25, 0.3) is 0 Å². The van der Waals surface area contributed by atoms with Crippen molar-refractivity contribution in [2.45, 2.75) is 26.2 Å². The smallest absolute Gasteiger partial charge is 0.318 e. The Balaban J connectivity index is 2.02. The molecule has 0 saturated carbocycles. The van der Waals surface area contributed by atoms with Crippen molar-refractivity contribution in [2.75, 3.05) is 6.61 Å². The van der Waals surface area contributed by atoms with Crippen molar-refractivity contribution in [3.05, 3.63) is 53.4 Å². The van der Waals surface area contributed by atoms with E-state index in [4.69, 9.17) is 10.5 Å². The Kier molecular flexibility index (Phi) is 3.92. The van der Waals surface area contributed by atoms with Gasteiger partial charge in [0, 0.05) is 6.61 Å². The lowest BCUT2D eigenvalue weighted by Gasteiger charge is -2.38. The van der Waals surface area contributed by atoms with Gasteiger partial charge in [0.05, 0.1) is 11.4 Å². The summed E-state index contributed by atoms with van der Waals surface area (Å²) in [5.41, 5.74) is 8.01. The third-order valence-electron chi connectivity index (χ3n) is 3.99. The van der Waals surface area contributed by atoms with Crippen molar-refractivity contribution in [1.29, 1.82) is 0 Å². The summed E-state index contributed by atoms with van der Waals surface area (Å²) in [5.74, 6) is -1.17. The minimum Gasteiger partial charge on any atom is -0.397 e. The van der Waals surface area contributed by atoms with Crippen molar-refractivity contribution in [1.82, 2.24) is 9.80 Å². The molecular weight excluding hydrogens is 294 g/mol. The number of fused-ring (bicyclic) bond motifs is 2. The van der Waals surface area contributed by atoms with Crippen LogP contribution in [0.5, 0.6) is 0 Å². The van der Waals surface area contributed by atoms with E-state index in [0.29, 0.717) is 18.0 Å². The largest absolute Gasteiger partial charge is 0.397 e. The Bertz CT molecular complexity index is 696. The number of nitrogens with two attached hydrogens (primary N) is 1. The van der Waals surface area contributed by atoms with Crippen LogP contribution in [0.1, 0.15) is 19.4 Å². The summed E-state index contributed by atoms with van der Waals surface area (Å²) in [7, 11) is 0. The quantitative estimate of drug-likeness (QED) is 0.844. The monoisotopic (exact) mass is 312 g/mol. The molecular formula is C17H18N3O3. The van der Waals surface area contributed by atoms with Crippen LogP contribution in [0.4, 0.5) is 0 Å². The second-order valence-electron chi connectivity index (χ2n) is 5.33. The van der Waals surface area contributed by atoms with E-state index in [2.05, 4.69) is 6.07 Å². The van der Waals surface area contributed by atoms with Crippen LogP contribution in [0.25, 0.3) is 6.08 Å². The molecule has 119 valence electrons. The zero-order valence-electron chi connectivity index (χ0n) is 13.0. The molecule has 1 fully saturated rings. The molecule has 2 amide bonds. The van der Waals surface area contributed by atoms with Crippen LogP contribution in [0.15, 0.2) is 41.7 Å². The Morgan fingerprint density at radius 3 is 2.61 bits per heavy atom. The summed E-state index contributed by atoms with van der Waals surface area (Å²) in [6, 6.07) is 10.3. The molecule has 2 atom stereocenters. The SMILES string of the molecule is CCOC1C(N)=C(C=Cc2cc[c]cc2)N2C(=O)C(=O)N1C2C. The normalized spacial score (nSPS) is 24.3. The molecule has 1 aromatic carbocycles. The van der Waals surface area contributed by atoms with Crippen LogP contribution < -0.4 is 5.73 Å². The highest BCUT2D eigenvalue weighted by molar-refractivity contribution is 6.37. The average molecular weight is 312 g/mol. The van der Waals surface area contributed by atoms with E-state index in [0.717, 1.165) is 5.56 Å². The maximum atomic E-state index is 12.3. The van der Waals surface area contributed by atoms with Gasteiger partial charge in [-0.05, 0) is 31.6 Å². The first-order valence-corrected chi connectivity index (χ1v) is 7.47. The van der Waals surface area contributed by atoms with Gasteiger partial charge in [0.15, 0.2) is 6.23 Å². The maximum absolute atomic E-state index is 12.3. The fourth-order valence-corrected chi connectivity index (χ4v) is 2.90. The number of rotatable bonds is 4. The molecule has 3 rings (SSSR count). The van der Waals surface area contributed by atoms with Crippen molar-refractivity contribution in [3.8, 4) is 0 Å². The average Bonchev–Trinajstić information content (AvgIpc) is 2.72. The van der Waals surface area contributed by atoms with Crippen LogP contribution in [0, 0.1) is 6.07 Å². The Hall–Kier alpha value is -2.60. The predicted molar refractivity (Wildman–Crippen MR) is 84.1 cm³/mol. The first-order chi connectivity index (χ1) is 11.1. The maximum Gasteiger partial charge on any atom is 0.318 e. The molecule has 2 unspecified atom stereocenters. The van der Waals surface area contributed by atoms with Crippen LogP contribution in [-0.4, -0.2) is 40.6 Å². The summed E-state index contributed by atoms with van der Waals surface area (Å²) in [5, 5.41) is 0. The van der Waals surface area contributed by atoms with E-state index in [9.17, 15) is 9.59 Å². The number of amides is 2. The third kappa shape index (κ3) is 2.41. The number of carbonyl (C=O) groups excluding carboxylic acids is 2. The third-order valence-corrected chi connectivity index (χ3v) is 3.99. The topological polar surface area (TPSA) is 75.9 Å². The Morgan fingerprint density at radius 2 is 1.96 bits per heavy atom. The lowest BCUT2D eigenvalue weighted by atomic mass is 10.1. The van der Waals surface area contributed by atoms with Crippen LogP contribution >= 0.6 is 0 Å². The van der Waals surface area contributed by atoms with Crippen LogP contribution in [0.3, 0.4) is 0 Å². The molecule has 2 heterocycles. The van der Waals surface area contributed by atoms with E-state index in [1.54, 1.807) is 25.1 Å². The van der Waals surface area contributed by atoms with Crippen molar-refractivity contribution < 1.29 is 14.3 Å². The highest BCUT2D eigenvalue weighted by Gasteiger charge is 2.52. The Morgan fingerprint density at radius 1 is 1.26 bits per heavy atom. The van der Waals surface area contributed by atoms with Crippen molar-refractivity contribution >= 4 is 17.9 Å². The summed E-state index contributed by atoms with van der Waals surface area (Å²) < 4.78 is 5.60. The van der Waals surface area contributed by atoms with Gasteiger partial charge in [-0.15, -0.1) is 0 Å². The van der Waals surface area contributed by atoms with E-state index in [-0.39, 0.29) is 0 Å². The molecule has 0 aromatic heterocycles. The molecule has 23 heavy (non-hydrogen) atoms. The standard InChI is InChI=1S/C17H18N3O3/c1-3-23-17-14(18)13(10-9-12-7-5-4-6-8-12)19-11(2)20(17)16(22)15(19)21/h5-11,17H,3,18H2,1-2H3. The molecule has 6 nitrogen and oxygen atoms in total. The van der Waals surface area contributed by atoms with Crippen LogP contribution in [-0.2, 0) is 14.3 Å². The molecule has 2 aliphatic rings. The molecule has 1 radical (unpaired) electrons. The second-order valence-corrected chi connectivity index (χ2v) is 5.33. The number of benzene rings is 1. The van der Waals surface area contributed by atoms with Gasteiger partial charge < -0.3 is 10.5 Å². The predicted octanol–water partition coefficient (Wildman–Crippen LogP) is 1.06. The fourth-order valence-electron chi connectivity index (χ4n) is 2.90. The van der Waals surface area contributed by atoms with Gasteiger partial charge >= 0.3 is 11.8 Å². The zero-order valence-corrected chi connectivity index (χ0v) is 13.0. The van der Waals surface area contributed by atoms with Gasteiger partial charge in [-0.1, -0.05) is 30.3 Å². The highest BCUT2D eigenvalue weighted by Crippen LogP contribution is 2.34. The number of nitrogens with zero attached hydrogens (tertiary/aromatic N) is 2. The first-order valence-electron chi connectivity index (χ1n) is 7.47. The molecule has 1 aromatic rings. The number of hydrogen-bond donors (Lipinski definition) is 1. The molecule has 0 aliphatic carbocycles. The van der Waals surface area contributed by atoms with Crippen LogP contribution in [0.2, 0.25) is 0 Å². The Labute approximate surface area is 134 Å². The molecule has 2 aliphatic heterocycles. The van der Waals surface area contributed by atoms with E-state index < -0.39 is 24.2 Å². The fraction of sp³-hybridized carbons (Fsp3) is 0.294. The highest BCUT2D eigenvalue weighted by atomic mass is 16.5. The van der Waals surface area contributed by atoms with E-state index >= 15 is 0 Å². The summed E-state index contributed by atoms with van der Waals surface area (Å²) >= 11 is 0. The van der Waals surface area contributed by atoms with E-state index in [1.807, 2.05) is 25.1 Å².